The second-order valence-corrected chi connectivity index (χ2v) is 6.97. The Morgan fingerprint density at radius 2 is 1.62 bits per heavy atom. The van der Waals surface area contributed by atoms with Gasteiger partial charge in [-0.25, -0.2) is 8.42 Å². The summed E-state index contributed by atoms with van der Waals surface area (Å²) in [6, 6.07) is 9.02. The van der Waals surface area contributed by atoms with Crippen molar-refractivity contribution >= 4 is 21.4 Å². The molecule has 3 N–H and O–H groups in total. The van der Waals surface area contributed by atoms with Crippen LogP contribution in [0.2, 0.25) is 0 Å². The number of rotatable bonds is 3. The Morgan fingerprint density at radius 3 is 2.24 bits per heavy atom. The lowest BCUT2D eigenvalue weighted by Gasteiger charge is -2.15. The molecule has 0 aliphatic rings. The number of sulfonamides is 1. The fourth-order valence-electron chi connectivity index (χ4n) is 2.29. The maximum Gasteiger partial charge on any atom is 0.264 e. The molecule has 0 spiro atoms. The van der Waals surface area contributed by atoms with Crippen LogP contribution in [0.3, 0.4) is 0 Å². The smallest absolute Gasteiger partial charge is 0.264 e. The fourth-order valence-corrected chi connectivity index (χ4v) is 3.85. The quantitative estimate of drug-likeness (QED) is 0.855. The van der Waals surface area contributed by atoms with Crippen molar-refractivity contribution < 1.29 is 8.42 Å². The molecule has 0 saturated carbocycles. The molecule has 5 heteroatoms. The van der Waals surface area contributed by atoms with Gasteiger partial charge in [-0.05, 0) is 56.5 Å². The first kappa shape index (κ1) is 15.4. The topological polar surface area (TPSA) is 72.2 Å². The molecule has 0 bridgehead atoms. The van der Waals surface area contributed by atoms with Crippen LogP contribution in [0.5, 0.6) is 0 Å². The summed E-state index contributed by atoms with van der Waals surface area (Å²) in [5.41, 5.74) is 10.2. The van der Waals surface area contributed by atoms with E-state index in [9.17, 15) is 8.42 Å². The van der Waals surface area contributed by atoms with Gasteiger partial charge in [0, 0.05) is 0 Å². The summed E-state index contributed by atoms with van der Waals surface area (Å²) < 4.78 is 27.9. The normalized spacial score (nSPS) is 11.4. The van der Waals surface area contributed by atoms with Gasteiger partial charge in [0.1, 0.15) is 4.90 Å². The third-order valence-electron chi connectivity index (χ3n) is 3.60. The molecule has 21 heavy (non-hydrogen) atoms. The van der Waals surface area contributed by atoms with E-state index in [0.29, 0.717) is 11.3 Å². The van der Waals surface area contributed by atoms with Gasteiger partial charge < -0.3 is 5.73 Å². The molecule has 112 valence electrons. The van der Waals surface area contributed by atoms with Crippen molar-refractivity contribution in [2.45, 2.75) is 32.6 Å². The zero-order valence-electron chi connectivity index (χ0n) is 12.7. The largest absolute Gasteiger partial charge is 0.398 e. The highest BCUT2D eigenvalue weighted by atomic mass is 32.2. The van der Waals surface area contributed by atoms with Crippen LogP contribution in [-0.2, 0) is 10.0 Å². The van der Waals surface area contributed by atoms with Crippen molar-refractivity contribution in [1.82, 2.24) is 0 Å². The first-order valence-corrected chi connectivity index (χ1v) is 8.16. The maximum atomic E-state index is 12.6. The molecule has 0 unspecified atom stereocenters. The zero-order chi connectivity index (χ0) is 15.8. The Bertz CT molecular complexity index is 796. The molecule has 0 radical (unpaired) electrons. The van der Waals surface area contributed by atoms with Crippen LogP contribution in [0.1, 0.15) is 22.3 Å². The van der Waals surface area contributed by atoms with Crippen molar-refractivity contribution in [2.75, 3.05) is 10.5 Å². The molecule has 0 aliphatic carbocycles. The van der Waals surface area contributed by atoms with E-state index in [1.807, 2.05) is 39.0 Å². The number of hydrogen-bond acceptors (Lipinski definition) is 3. The van der Waals surface area contributed by atoms with Gasteiger partial charge in [0.2, 0.25) is 0 Å². The van der Waals surface area contributed by atoms with Gasteiger partial charge >= 0.3 is 0 Å². The molecule has 0 heterocycles. The van der Waals surface area contributed by atoms with Gasteiger partial charge in [-0.1, -0.05) is 23.8 Å². The molecule has 0 saturated heterocycles. The van der Waals surface area contributed by atoms with E-state index in [-0.39, 0.29) is 10.6 Å². The van der Waals surface area contributed by atoms with Crippen LogP contribution >= 0.6 is 0 Å². The van der Waals surface area contributed by atoms with Crippen molar-refractivity contribution in [2.24, 2.45) is 0 Å². The third-order valence-corrected chi connectivity index (χ3v) is 5.17. The van der Waals surface area contributed by atoms with E-state index in [1.54, 1.807) is 19.1 Å². The second-order valence-electron chi connectivity index (χ2n) is 5.35. The number of nitrogen functional groups attached to an aromatic ring is 1. The summed E-state index contributed by atoms with van der Waals surface area (Å²) in [4.78, 5) is 0.155. The number of aryl methyl sites for hydroxylation is 3. The number of nitrogens with one attached hydrogen (secondary N) is 1. The maximum absolute atomic E-state index is 12.6. The minimum absolute atomic E-state index is 0.155. The lowest BCUT2D eigenvalue weighted by atomic mass is 10.1. The van der Waals surface area contributed by atoms with Crippen LogP contribution in [0, 0.1) is 27.7 Å². The van der Waals surface area contributed by atoms with Gasteiger partial charge in [0.05, 0.1) is 11.4 Å². The van der Waals surface area contributed by atoms with E-state index in [1.165, 1.54) is 0 Å². The molecule has 0 aliphatic heterocycles. The molecule has 2 aromatic carbocycles. The lowest BCUT2D eigenvalue weighted by molar-refractivity contribution is 0.601. The van der Waals surface area contributed by atoms with Crippen molar-refractivity contribution in [3.63, 3.8) is 0 Å². The summed E-state index contributed by atoms with van der Waals surface area (Å²) >= 11 is 0. The highest BCUT2D eigenvalue weighted by molar-refractivity contribution is 7.93. The molecule has 0 amide bonds. The SMILES string of the molecule is Cc1ccc(NS(=O)(=O)c2c(N)ccc(C)c2C)c(C)c1. The van der Waals surface area contributed by atoms with Crippen LogP contribution in [0.25, 0.3) is 0 Å². The van der Waals surface area contributed by atoms with E-state index in [2.05, 4.69) is 4.72 Å². The van der Waals surface area contributed by atoms with Gasteiger partial charge in [0.25, 0.3) is 10.0 Å². The van der Waals surface area contributed by atoms with Crippen LogP contribution in [0.15, 0.2) is 35.2 Å². The Labute approximate surface area is 126 Å². The zero-order valence-corrected chi connectivity index (χ0v) is 13.5. The minimum Gasteiger partial charge on any atom is -0.398 e. The van der Waals surface area contributed by atoms with Crippen molar-refractivity contribution in [1.29, 1.82) is 0 Å². The molecular weight excluding hydrogens is 284 g/mol. The average molecular weight is 304 g/mol. The molecule has 4 nitrogen and oxygen atoms in total. The van der Waals surface area contributed by atoms with Crippen molar-refractivity contribution in [3.8, 4) is 0 Å². The fraction of sp³-hybridized carbons (Fsp3) is 0.250. The summed E-state index contributed by atoms with van der Waals surface area (Å²) in [5.74, 6) is 0. The standard InChI is InChI=1S/C16H20N2O2S/c1-10-5-8-15(12(3)9-10)18-21(19,20)16-13(4)11(2)6-7-14(16)17/h5-9,18H,17H2,1-4H3. The van der Waals surface area contributed by atoms with Gasteiger partial charge in [-0.3, -0.25) is 4.72 Å². The molecule has 2 rings (SSSR count). The highest BCUT2D eigenvalue weighted by Gasteiger charge is 2.21. The number of benzene rings is 2. The number of hydrogen-bond donors (Lipinski definition) is 2. The Balaban J connectivity index is 2.51. The summed E-state index contributed by atoms with van der Waals surface area (Å²) in [6.07, 6.45) is 0. The first-order chi connectivity index (χ1) is 9.72. The summed E-state index contributed by atoms with van der Waals surface area (Å²) in [5, 5.41) is 0. The summed E-state index contributed by atoms with van der Waals surface area (Å²) in [6.45, 7) is 7.47. The predicted molar refractivity (Wildman–Crippen MR) is 87.1 cm³/mol. The first-order valence-electron chi connectivity index (χ1n) is 6.68. The van der Waals surface area contributed by atoms with Crippen LogP contribution in [0.4, 0.5) is 11.4 Å². The number of anilines is 2. The number of nitrogens with two attached hydrogens (primary N) is 1. The Kier molecular flexibility index (Phi) is 3.96. The molecule has 0 atom stereocenters. The lowest BCUT2D eigenvalue weighted by Crippen LogP contribution is -2.17. The Hall–Kier alpha value is -2.01. The Morgan fingerprint density at radius 1 is 0.952 bits per heavy atom. The molecular formula is C16H20N2O2S. The summed E-state index contributed by atoms with van der Waals surface area (Å²) in [7, 11) is -3.71. The molecule has 0 aromatic heterocycles. The van der Waals surface area contributed by atoms with Crippen LogP contribution < -0.4 is 10.5 Å². The average Bonchev–Trinajstić information content (AvgIpc) is 2.37. The predicted octanol–water partition coefficient (Wildman–Crippen LogP) is 3.30. The van der Waals surface area contributed by atoms with Crippen molar-refractivity contribution in [3.05, 3.63) is 52.6 Å². The minimum atomic E-state index is -3.71. The molecule has 2 aromatic rings. The van der Waals surface area contributed by atoms with Gasteiger partial charge in [0.15, 0.2) is 0 Å². The van der Waals surface area contributed by atoms with E-state index >= 15 is 0 Å². The van der Waals surface area contributed by atoms with Gasteiger partial charge in [-0.2, -0.15) is 0 Å². The monoisotopic (exact) mass is 304 g/mol. The van der Waals surface area contributed by atoms with Crippen LogP contribution in [-0.4, -0.2) is 8.42 Å². The highest BCUT2D eigenvalue weighted by Crippen LogP contribution is 2.28. The van der Waals surface area contributed by atoms with E-state index in [0.717, 1.165) is 16.7 Å². The third kappa shape index (κ3) is 3.03. The van der Waals surface area contributed by atoms with E-state index in [4.69, 9.17) is 5.73 Å². The van der Waals surface area contributed by atoms with Gasteiger partial charge in [-0.15, -0.1) is 0 Å². The molecule has 0 fully saturated rings. The van der Waals surface area contributed by atoms with E-state index < -0.39 is 10.0 Å². The second kappa shape index (κ2) is 5.41.